The van der Waals surface area contributed by atoms with E-state index in [1.807, 2.05) is 20.8 Å². The lowest BCUT2D eigenvalue weighted by atomic mass is 10.1. The molecule has 1 aliphatic rings. The highest BCUT2D eigenvalue weighted by atomic mass is 16.5. The maximum absolute atomic E-state index is 11.6. The Balaban J connectivity index is 2.13. The van der Waals surface area contributed by atoms with Crippen LogP contribution in [-0.2, 0) is 23.9 Å². The van der Waals surface area contributed by atoms with Gasteiger partial charge in [-0.25, -0.2) is 0 Å². The monoisotopic (exact) mass is 312 g/mol. The summed E-state index contributed by atoms with van der Waals surface area (Å²) in [6.07, 6.45) is 2.49. The molecule has 0 fully saturated rings. The Morgan fingerprint density at radius 3 is 2.50 bits per heavy atom. The van der Waals surface area contributed by atoms with Gasteiger partial charge in [0.15, 0.2) is 0 Å². The minimum atomic E-state index is -0.402. The molecule has 0 atom stereocenters. The summed E-state index contributed by atoms with van der Waals surface area (Å²) in [4.78, 5) is 35.3. The minimum absolute atomic E-state index is 0.0848. The summed E-state index contributed by atoms with van der Waals surface area (Å²) in [6, 6.07) is 0. The Morgan fingerprint density at radius 1 is 1.27 bits per heavy atom. The van der Waals surface area contributed by atoms with Gasteiger partial charge in [0.05, 0.1) is 18.8 Å². The molecule has 7 nitrogen and oxygen atoms in total. The van der Waals surface area contributed by atoms with Crippen molar-refractivity contribution in [3.8, 4) is 0 Å². The fourth-order valence-electron chi connectivity index (χ4n) is 1.86. The molecule has 1 rings (SSSR count). The van der Waals surface area contributed by atoms with Gasteiger partial charge in [-0.05, 0) is 20.8 Å². The molecule has 0 saturated carbocycles. The van der Waals surface area contributed by atoms with Crippen LogP contribution in [0.2, 0.25) is 0 Å². The van der Waals surface area contributed by atoms with E-state index in [9.17, 15) is 14.4 Å². The molecular formula is C15H24N2O5. The summed E-state index contributed by atoms with van der Waals surface area (Å²) >= 11 is 0. The number of hydrogen-bond acceptors (Lipinski definition) is 5. The average Bonchev–Trinajstić information content (AvgIpc) is 2.78. The molecule has 0 aromatic carbocycles. The predicted molar refractivity (Wildman–Crippen MR) is 80.0 cm³/mol. The molecule has 0 unspecified atom stereocenters. The lowest BCUT2D eigenvalue weighted by molar-refractivity contribution is -0.137. The number of carbonyl (C=O) groups is 3. The number of imide groups is 1. The first-order chi connectivity index (χ1) is 10.4. The normalized spacial score (nSPS) is 14.8. The summed E-state index contributed by atoms with van der Waals surface area (Å²) in [5.74, 6) is -0.976. The maximum atomic E-state index is 11.6. The van der Waals surface area contributed by atoms with Crippen molar-refractivity contribution in [1.82, 2.24) is 10.2 Å². The molecule has 1 heterocycles. The summed E-state index contributed by atoms with van der Waals surface area (Å²) in [6.45, 7) is 7.71. The van der Waals surface area contributed by atoms with E-state index in [-0.39, 0.29) is 30.7 Å². The number of rotatable bonds is 10. The maximum Gasteiger partial charge on any atom is 0.253 e. The van der Waals surface area contributed by atoms with Crippen LogP contribution in [0.4, 0.5) is 0 Å². The summed E-state index contributed by atoms with van der Waals surface area (Å²) < 4.78 is 10.9. The Bertz CT molecular complexity index is 427. The molecule has 0 aliphatic carbocycles. The van der Waals surface area contributed by atoms with Crippen molar-refractivity contribution in [2.24, 2.45) is 0 Å². The van der Waals surface area contributed by atoms with Crippen LogP contribution in [0.3, 0.4) is 0 Å². The smallest absolute Gasteiger partial charge is 0.253 e. The third-order valence-electron chi connectivity index (χ3n) is 3.03. The highest BCUT2D eigenvalue weighted by Crippen LogP contribution is 2.09. The van der Waals surface area contributed by atoms with Crippen LogP contribution < -0.4 is 5.32 Å². The molecule has 7 heteroatoms. The zero-order valence-electron chi connectivity index (χ0n) is 13.4. The van der Waals surface area contributed by atoms with Crippen LogP contribution >= 0.6 is 0 Å². The molecular weight excluding hydrogens is 288 g/mol. The minimum Gasteiger partial charge on any atom is -0.379 e. The highest BCUT2D eigenvalue weighted by Gasteiger charge is 2.23. The van der Waals surface area contributed by atoms with Gasteiger partial charge >= 0.3 is 0 Å². The van der Waals surface area contributed by atoms with Crippen LogP contribution in [0.1, 0.15) is 27.2 Å². The number of ether oxygens (including phenoxy) is 2. The largest absolute Gasteiger partial charge is 0.379 e. The number of hydrogen-bond donors (Lipinski definition) is 1. The van der Waals surface area contributed by atoms with E-state index < -0.39 is 5.60 Å². The zero-order valence-corrected chi connectivity index (χ0v) is 13.4. The lowest BCUT2D eigenvalue weighted by Crippen LogP contribution is -2.37. The van der Waals surface area contributed by atoms with Gasteiger partial charge in [-0.2, -0.15) is 0 Å². The Kier molecular flexibility index (Phi) is 7.20. The molecule has 0 aromatic rings. The topological polar surface area (TPSA) is 84.9 Å². The van der Waals surface area contributed by atoms with Crippen molar-refractivity contribution in [3.63, 3.8) is 0 Å². The van der Waals surface area contributed by atoms with Crippen LogP contribution in [0.15, 0.2) is 12.2 Å². The Hall–Kier alpha value is -1.73. The zero-order chi connectivity index (χ0) is 16.6. The number of carbonyl (C=O) groups excluding carboxylic acids is 3. The van der Waals surface area contributed by atoms with Gasteiger partial charge in [-0.1, -0.05) is 0 Å². The molecule has 1 aliphatic heterocycles. The summed E-state index contributed by atoms with van der Waals surface area (Å²) in [5.41, 5.74) is -0.402. The van der Waals surface area contributed by atoms with E-state index in [1.165, 1.54) is 12.2 Å². The van der Waals surface area contributed by atoms with E-state index in [1.54, 1.807) is 0 Å². The third-order valence-corrected chi connectivity index (χ3v) is 3.03. The van der Waals surface area contributed by atoms with Crippen molar-refractivity contribution < 1.29 is 23.9 Å². The molecule has 124 valence electrons. The third kappa shape index (κ3) is 6.36. The Morgan fingerprint density at radius 2 is 1.91 bits per heavy atom. The van der Waals surface area contributed by atoms with Crippen LogP contribution in [-0.4, -0.2) is 61.1 Å². The molecule has 1 N–H and O–H groups in total. The average molecular weight is 312 g/mol. The van der Waals surface area contributed by atoms with Gasteiger partial charge in [0.25, 0.3) is 11.8 Å². The van der Waals surface area contributed by atoms with E-state index in [0.717, 1.165) is 4.90 Å². The molecule has 0 aromatic heterocycles. The van der Waals surface area contributed by atoms with Crippen molar-refractivity contribution in [1.29, 1.82) is 0 Å². The van der Waals surface area contributed by atoms with E-state index in [0.29, 0.717) is 26.4 Å². The second-order valence-electron chi connectivity index (χ2n) is 5.51. The van der Waals surface area contributed by atoms with Crippen LogP contribution in [0.25, 0.3) is 0 Å². The van der Waals surface area contributed by atoms with Gasteiger partial charge in [0.1, 0.15) is 0 Å². The first-order valence-corrected chi connectivity index (χ1v) is 7.37. The van der Waals surface area contributed by atoms with Gasteiger partial charge in [0, 0.05) is 38.3 Å². The Labute approximate surface area is 130 Å². The first-order valence-electron chi connectivity index (χ1n) is 7.37. The molecule has 22 heavy (non-hydrogen) atoms. The van der Waals surface area contributed by atoms with E-state index in [4.69, 9.17) is 9.47 Å². The van der Waals surface area contributed by atoms with Gasteiger partial charge < -0.3 is 14.8 Å². The molecule has 0 radical (unpaired) electrons. The standard InChI is InChI=1S/C15H24N2O5/c1-4-21-11-15(2,3)22-10-8-16-12(18)7-9-17-13(19)5-6-14(17)20/h5-6H,4,7-11H2,1-3H3,(H,16,18). The number of amides is 3. The second kappa shape index (κ2) is 8.65. The van der Waals surface area contributed by atoms with Crippen LogP contribution in [0, 0.1) is 0 Å². The number of nitrogens with one attached hydrogen (secondary N) is 1. The lowest BCUT2D eigenvalue weighted by Gasteiger charge is -2.25. The van der Waals surface area contributed by atoms with Crippen molar-refractivity contribution >= 4 is 17.7 Å². The summed E-state index contributed by atoms with van der Waals surface area (Å²) in [5, 5.41) is 2.69. The predicted octanol–water partition coefficient (Wildman–Crippen LogP) is 0.249. The first kappa shape index (κ1) is 18.3. The molecule has 3 amide bonds. The molecule has 0 bridgehead atoms. The molecule has 0 saturated heterocycles. The summed E-state index contributed by atoms with van der Waals surface area (Å²) in [7, 11) is 0. The fourth-order valence-corrected chi connectivity index (χ4v) is 1.86. The van der Waals surface area contributed by atoms with E-state index in [2.05, 4.69) is 5.32 Å². The highest BCUT2D eigenvalue weighted by molar-refractivity contribution is 6.13. The van der Waals surface area contributed by atoms with Crippen molar-refractivity contribution in [3.05, 3.63) is 12.2 Å². The van der Waals surface area contributed by atoms with Crippen molar-refractivity contribution in [2.75, 3.05) is 32.9 Å². The quantitative estimate of drug-likeness (QED) is 0.462. The second-order valence-corrected chi connectivity index (χ2v) is 5.51. The van der Waals surface area contributed by atoms with Crippen molar-refractivity contribution in [2.45, 2.75) is 32.8 Å². The fraction of sp³-hybridized carbons (Fsp3) is 0.667. The van der Waals surface area contributed by atoms with Gasteiger partial charge in [0.2, 0.25) is 5.91 Å². The van der Waals surface area contributed by atoms with E-state index >= 15 is 0 Å². The van der Waals surface area contributed by atoms with Gasteiger partial charge in [-0.3, -0.25) is 19.3 Å². The number of nitrogens with zero attached hydrogens (tertiary/aromatic N) is 1. The SMILES string of the molecule is CCOCC(C)(C)OCCNC(=O)CCN1C(=O)C=CC1=O. The van der Waals surface area contributed by atoms with Gasteiger partial charge in [-0.15, -0.1) is 0 Å². The van der Waals surface area contributed by atoms with Crippen LogP contribution in [0.5, 0.6) is 0 Å². The molecule has 0 spiro atoms.